The number of hydrogen-bond acceptors (Lipinski definition) is 5. The van der Waals surface area contributed by atoms with E-state index in [0.717, 1.165) is 17.1 Å². The SMILES string of the molecule is Cc1cc(C)n(-c2ccc(C(=O)OCC(=O)Nc3c(C)n(C)n(-c4ccccc4)c3=O)cc2)n1. The van der Waals surface area contributed by atoms with E-state index in [1.165, 1.54) is 4.68 Å². The minimum absolute atomic E-state index is 0.140. The molecule has 0 saturated carbocycles. The summed E-state index contributed by atoms with van der Waals surface area (Å²) < 4.78 is 10.0. The third kappa shape index (κ3) is 4.40. The van der Waals surface area contributed by atoms with Crippen molar-refractivity contribution in [2.24, 2.45) is 7.05 Å². The van der Waals surface area contributed by atoms with Crippen LogP contribution in [0.2, 0.25) is 0 Å². The number of aryl methyl sites for hydroxylation is 2. The first-order valence-corrected chi connectivity index (χ1v) is 10.7. The van der Waals surface area contributed by atoms with Gasteiger partial charge in [0.25, 0.3) is 11.5 Å². The van der Waals surface area contributed by atoms with Gasteiger partial charge in [-0.15, -0.1) is 0 Å². The summed E-state index contributed by atoms with van der Waals surface area (Å²) in [5.74, 6) is -1.24. The average Bonchev–Trinajstić information content (AvgIpc) is 3.28. The normalized spacial score (nSPS) is 10.8. The summed E-state index contributed by atoms with van der Waals surface area (Å²) in [5, 5.41) is 6.99. The molecule has 2 heterocycles. The molecular formula is C25H25N5O4. The molecule has 0 radical (unpaired) electrons. The summed E-state index contributed by atoms with van der Waals surface area (Å²) in [6, 6.07) is 17.8. The molecule has 2 aromatic carbocycles. The third-order valence-corrected chi connectivity index (χ3v) is 5.51. The fourth-order valence-electron chi connectivity index (χ4n) is 3.73. The Labute approximate surface area is 196 Å². The number of nitrogens with zero attached hydrogens (tertiary/aromatic N) is 4. The highest BCUT2D eigenvalue weighted by Gasteiger charge is 2.19. The molecule has 34 heavy (non-hydrogen) atoms. The molecule has 0 spiro atoms. The number of ether oxygens (including phenoxy) is 1. The standard InChI is InChI=1S/C25H25N5O4/c1-16-14-17(2)29(27-16)20-12-10-19(11-13-20)25(33)34-15-22(31)26-23-18(3)28(4)30(24(23)32)21-8-6-5-7-9-21/h5-14H,15H2,1-4H3,(H,26,31). The van der Waals surface area contributed by atoms with E-state index in [1.807, 2.05) is 38.1 Å². The van der Waals surface area contributed by atoms with Crippen molar-refractivity contribution in [3.05, 3.63) is 93.7 Å². The number of carbonyl (C=O) groups is 2. The number of aromatic nitrogens is 4. The molecule has 0 fully saturated rings. The Morgan fingerprint density at radius 1 is 0.971 bits per heavy atom. The number of carbonyl (C=O) groups excluding carboxylic acids is 2. The van der Waals surface area contributed by atoms with Crippen molar-refractivity contribution < 1.29 is 14.3 Å². The fourth-order valence-corrected chi connectivity index (χ4v) is 3.73. The molecule has 0 aliphatic rings. The van der Waals surface area contributed by atoms with E-state index in [9.17, 15) is 14.4 Å². The van der Waals surface area contributed by atoms with Crippen molar-refractivity contribution in [3.8, 4) is 11.4 Å². The maximum atomic E-state index is 12.9. The Balaban J connectivity index is 1.41. The molecule has 4 aromatic rings. The van der Waals surface area contributed by atoms with Gasteiger partial charge in [0, 0.05) is 12.7 Å². The van der Waals surface area contributed by atoms with Crippen molar-refractivity contribution in [2.75, 3.05) is 11.9 Å². The molecule has 0 atom stereocenters. The Morgan fingerprint density at radius 3 is 2.26 bits per heavy atom. The zero-order valence-corrected chi connectivity index (χ0v) is 19.4. The van der Waals surface area contributed by atoms with Gasteiger partial charge in [0.05, 0.1) is 28.3 Å². The Kier molecular flexibility index (Phi) is 6.18. The molecule has 0 unspecified atom stereocenters. The van der Waals surface area contributed by atoms with Crippen LogP contribution in [0.15, 0.2) is 65.5 Å². The van der Waals surface area contributed by atoms with Gasteiger partial charge in [-0.1, -0.05) is 18.2 Å². The van der Waals surface area contributed by atoms with E-state index in [2.05, 4.69) is 10.4 Å². The summed E-state index contributed by atoms with van der Waals surface area (Å²) in [7, 11) is 1.73. The van der Waals surface area contributed by atoms with Crippen LogP contribution in [-0.2, 0) is 16.6 Å². The summed E-state index contributed by atoms with van der Waals surface area (Å²) in [6.45, 7) is 5.07. The average molecular weight is 460 g/mol. The number of hydrogen-bond donors (Lipinski definition) is 1. The number of para-hydroxylation sites is 1. The van der Waals surface area contributed by atoms with E-state index < -0.39 is 18.5 Å². The number of esters is 1. The second-order valence-electron chi connectivity index (χ2n) is 7.95. The van der Waals surface area contributed by atoms with E-state index in [4.69, 9.17) is 4.74 Å². The van der Waals surface area contributed by atoms with Crippen molar-refractivity contribution in [1.29, 1.82) is 0 Å². The number of nitrogens with one attached hydrogen (secondary N) is 1. The first-order valence-electron chi connectivity index (χ1n) is 10.7. The zero-order chi connectivity index (χ0) is 24.4. The molecule has 1 amide bonds. The first-order chi connectivity index (χ1) is 16.3. The van der Waals surface area contributed by atoms with Crippen molar-refractivity contribution in [3.63, 3.8) is 0 Å². The number of amides is 1. The van der Waals surface area contributed by atoms with Crippen LogP contribution in [0.25, 0.3) is 11.4 Å². The highest BCUT2D eigenvalue weighted by atomic mass is 16.5. The van der Waals surface area contributed by atoms with Crippen LogP contribution in [0.5, 0.6) is 0 Å². The van der Waals surface area contributed by atoms with Crippen LogP contribution in [-0.4, -0.2) is 37.6 Å². The van der Waals surface area contributed by atoms with Crippen molar-refractivity contribution in [2.45, 2.75) is 20.8 Å². The van der Waals surface area contributed by atoms with Crippen LogP contribution < -0.4 is 10.9 Å². The molecule has 1 N–H and O–H groups in total. The smallest absolute Gasteiger partial charge is 0.338 e. The van der Waals surface area contributed by atoms with E-state index >= 15 is 0 Å². The van der Waals surface area contributed by atoms with Crippen LogP contribution >= 0.6 is 0 Å². The number of benzene rings is 2. The summed E-state index contributed by atoms with van der Waals surface area (Å²) >= 11 is 0. The van der Waals surface area contributed by atoms with Gasteiger partial charge in [-0.3, -0.25) is 14.3 Å². The van der Waals surface area contributed by atoms with Crippen LogP contribution in [0.4, 0.5) is 5.69 Å². The molecular weight excluding hydrogens is 434 g/mol. The maximum absolute atomic E-state index is 12.9. The van der Waals surface area contributed by atoms with Gasteiger partial charge in [0.15, 0.2) is 6.61 Å². The van der Waals surface area contributed by atoms with E-state index in [1.54, 1.807) is 59.7 Å². The molecule has 174 valence electrons. The highest BCUT2D eigenvalue weighted by molar-refractivity contribution is 5.95. The van der Waals surface area contributed by atoms with Gasteiger partial charge >= 0.3 is 5.97 Å². The molecule has 0 saturated heterocycles. The summed E-state index contributed by atoms with van der Waals surface area (Å²) in [5.41, 5.74) is 4.02. The molecule has 0 aliphatic carbocycles. The molecule has 9 heteroatoms. The van der Waals surface area contributed by atoms with Gasteiger partial charge in [-0.2, -0.15) is 5.10 Å². The topological polar surface area (TPSA) is 100 Å². The summed E-state index contributed by atoms with van der Waals surface area (Å²) in [4.78, 5) is 37.7. The van der Waals surface area contributed by atoms with Crippen molar-refractivity contribution in [1.82, 2.24) is 19.1 Å². The fraction of sp³-hybridized carbons (Fsp3) is 0.200. The lowest BCUT2D eigenvalue weighted by Gasteiger charge is -2.08. The van der Waals surface area contributed by atoms with E-state index in [0.29, 0.717) is 16.9 Å². The van der Waals surface area contributed by atoms with Crippen LogP contribution in [0, 0.1) is 20.8 Å². The van der Waals surface area contributed by atoms with Crippen molar-refractivity contribution >= 4 is 17.6 Å². The lowest BCUT2D eigenvalue weighted by Crippen LogP contribution is -2.25. The predicted molar refractivity (Wildman–Crippen MR) is 128 cm³/mol. The Morgan fingerprint density at radius 2 is 1.65 bits per heavy atom. The van der Waals surface area contributed by atoms with Crippen LogP contribution in [0.1, 0.15) is 27.4 Å². The lowest BCUT2D eigenvalue weighted by atomic mass is 10.2. The Hall–Kier alpha value is -4.40. The minimum atomic E-state index is -0.637. The van der Waals surface area contributed by atoms with E-state index in [-0.39, 0.29) is 11.2 Å². The monoisotopic (exact) mass is 459 g/mol. The zero-order valence-electron chi connectivity index (χ0n) is 19.4. The van der Waals surface area contributed by atoms with Gasteiger partial charge in [-0.05, 0) is 63.2 Å². The van der Waals surface area contributed by atoms with Gasteiger partial charge in [0.1, 0.15) is 5.69 Å². The largest absolute Gasteiger partial charge is 0.452 e. The second kappa shape index (κ2) is 9.22. The summed E-state index contributed by atoms with van der Waals surface area (Å²) in [6.07, 6.45) is 0. The minimum Gasteiger partial charge on any atom is -0.452 e. The first kappa shape index (κ1) is 22.8. The molecule has 0 aliphatic heterocycles. The lowest BCUT2D eigenvalue weighted by molar-refractivity contribution is -0.119. The van der Waals surface area contributed by atoms with Gasteiger partial charge in [0.2, 0.25) is 0 Å². The number of anilines is 1. The highest BCUT2D eigenvalue weighted by Crippen LogP contribution is 2.15. The van der Waals surface area contributed by atoms with Gasteiger partial charge < -0.3 is 10.1 Å². The molecule has 4 rings (SSSR count). The predicted octanol–water partition coefficient (Wildman–Crippen LogP) is 3.08. The quantitative estimate of drug-likeness (QED) is 0.447. The maximum Gasteiger partial charge on any atom is 0.338 e. The molecule has 2 aromatic heterocycles. The number of rotatable bonds is 6. The third-order valence-electron chi connectivity index (χ3n) is 5.51. The van der Waals surface area contributed by atoms with Gasteiger partial charge in [-0.25, -0.2) is 14.2 Å². The Bertz CT molecular complexity index is 1410. The second-order valence-corrected chi connectivity index (χ2v) is 7.95. The molecule has 0 bridgehead atoms. The van der Waals surface area contributed by atoms with Crippen LogP contribution in [0.3, 0.4) is 0 Å². The molecule has 9 nitrogen and oxygen atoms in total.